The van der Waals surface area contributed by atoms with Gasteiger partial charge in [0.2, 0.25) is 0 Å². The summed E-state index contributed by atoms with van der Waals surface area (Å²) in [5.74, 6) is 1.53. The van der Waals surface area contributed by atoms with Crippen LogP contribution < -0.4 is 0 Å². The van der Waals surface area contributed by atoms with Crippen molar-refractivity contribution in [2.45, 2.75) is 46.2 Å². The van der Waals surface area contributed by atoms with E-state index in [1.165, 1.54) is 12.8 Å². The number of aromatic nitrogens is 2. The number of aryl methyl sites for hydroxylation is 1. The van der Waals surface area contributed by atoms with Crippen LogP contribution in [0.2, 0.25) is 5.15 Å². The lowest BCUT2D eigenvalue weighted by Gasteiger charge is -2.23. The maximum Gasteiger partial charge on any atom is 0.144 e. The molecule has 1 saturated carbocycles. The van der Waals surface area contributed by atoms with Crippen molar-refractivity contribution in [3.63, 3.8) is 0 Å². The van der Waals surface area contributed by atoms with Crippen LogP contribution in [0.3, 0.4) is 0 Å². The van der Waals surface area contributed by atoms with Gasteiger partial charge in [-0.2, -0.15) is 0 Å². The third-order valence-electron chi connectivity index (χ3n) is 2.88. The molecule has 17 heavy (non-hydrogen) atoms. The van der Waals surface area contributed by atoms with Gasteiger partial charge in [-0.05, 0) is 31.7 Å². The van der Waals surface area contributed by atoms with E-state index in [1.54, 1.807) is 6.07 Å². The van der Waals surface area contributed by atoms with Gasteiger partial charge >= 0.3 is 0 Å². The van der Waals surface area contributed by atoms with Gasteiger partial charge in [0.25, 0.3) is 0 Å². The second-order valence-electron chi connectivity index (χ2n) is 5.30. The van der Waals surface area contributed by atoms with Crippen LogP contribution in [0.5, 0.6) is 0 Å². The first-order chi connectivity index (χ1) is 8.04. The fraction of sp³-hybridized carbons (Fsp3) is 0.692. The molecule has 0 atom stereocenters. The van der Waals surface area contributed by atoms with E-state index in [2.05, 4.69) is 28.7 Å². The first-order valence-electron chi connectivity index (χ1n) is 6.28. The largest absolute Gasteiger partial charge is 0.293 e. The Morgan fingerprint density at radius 1 is 1.41 bits per heavy atom. The van der Waals surface area contributed by atoms with Crippen LogP contribution in [-0.2, 0) is 6.54 Å². The summed E-state index contributed by atoms with van der Waals surface area (Å²) >= 11 is 5.96. The standard InChI is InChI=1S/C13H20ClN3/c1-9(2)7-17(11-4-5-11)8-13-15-10(3)6-12(14)16-13/h6,9,11H,4-5,7-8H2,1-3H3. The molecule has 2 rings (SSSR count). The van der Waals surface area contributed by atoms with E-state index in [4.69, 9.17) is 11.6 Å². The molecule has 1 aliphatic carbocycles. The lowest BCUT2D eigenvalue weighted by atomic mass is 10.2. The summed E-state index contributed by atoms with van der Waals surface area (Å²) in [6, 6.07) is 2.54. The zero-order valence-electron chi connectivity index (χ0n) is 10.8. The Morgan fingerprint density at radius 2 is 2.12 bits per heavy atom. The Bertz CT molecular complexity index is 368. The molecular weight excluding hydrogens is 234 g/mol. The highest BCUT2D eigenvalue weighted by Gasteiger charge is 2.29. The van der Waals surface area contributed by atoms with E-state index in [1.807, 2.05) is 6.92 Å². The van der Waals surface area contributed by atoms with Crippen molar-refractivity contribution in [1.82, 2.24) is 14.9 Å². The molecule has 0 unspecified atom stereocenters. The molecular formula is C13H20ClN3. The average molecular weight is 254 g/mol. The van der Waals surface area contributed by atoms with Gasteiger partial charge in [-0.3, -0.25) is 4.90 Å². The van der Waals surface area contributed by atoms with Gasteiger partial charge in [0.05, 0.1) is 6.54 Å². The molecule has 4 heteroatoms. The van der Waals surface area contributed by atoms with Crippen LogP contribution in [0.15, 0.2) is 6.07 Å². The number of hydrogen-bond donors (Lipinski definition) is 0. The zero-order valence-corrected chi connectivity index (χ0v) is 11.5. The highest BCUT2D eigenvalue weighted by atomic mass is 35.5. The van der Waals surface area contributed by atoms with Crippen molar-refractivity contribution in [1.29, 1.82) is 0 Å². The molecule has 94 valence electrons. The van der Waals surface area contributed by atoms with Gasteiger partial charge < -0.3 is 0 Å². The SMILES string of the molecule is Cc1cc(Cl)nc(CN(CC(C)C)C2CC2)n1. The van der Waals surface area contributed by atoms with Crippen LogP contribution in [0.4, 0.5) is 0 Å². The monoisotopic (exact) mass is 253 g/mol. The minimum absolute atomic E-state index is 0.549. The van der Waals surface area contributed by atoms with Gasteiger partial charge in [-0.25, -0.2) is 9.97 Å². The highest BCUT2D eigenvalue weighted by molar-refractivity contribution is 6.29. The molecule has 0 saturated heterocycles. The fourth-order valence-corrected chi connectivity index (χ4v) is 2.35. The Hall–Kier alpha value is -0.670. The molecule has 0 amide bonds. The number of halogens is 1. The van der Waals surface area contributed by atoms with E-state index >= 15 is 0 Å². The minimum atomic E-state index is 0.549. The fourth-order valence-electron chi connectivity index (χ4n) is 2.09. The predicted octanol–water partition coefficient (Wildman–Crippen LogP) is 3.06. The molecule has 0 aromatic carbocycles. The molecule has 0 bridgehead atoms. The van der Waals surface area contributed by atoms with Gasteiger partial charge in [0.1, 0.15) is 11.0 Å². The Balaban J connectivity index is 2.05. The third kappa shape index (κ3) is 3.93. The van der Waals surface area contributed by atoms with Crippen molar-refractivity contribution in [2.24, 2.45) is 5.92 Å². The van der Waals surface area contributed by atoms with Crippen molar-refractivity contribution < 1.29 is 0 Å². The Morgan fingerprint density at radius 3 is 2.65 bits per heavy atom. The first kappa shape index (κ1) is 12.8. The number of rotatable bonds is 5. The summed E-state index contributed by atoms with van der Waals surface area (Å²) in [7, 11) is 0. The first-order valence-corrected chi connectivity index (χ1v) is 6.66. The lowest BCUT2D eigenvalue weighted by Crippen LogP contribution is -2.30. The van der Waals surface area contributed by atoms with Crippen molar-refractivity contribution in [3.05, 3.63) is 22.7 Å². The van der Waals surface area contributed by atoms with Crippen molar-refractivity contribution >= 4 is 11.6 Å². The molecule has 3 nitrogen and oxygen atoms in total. The van der Waals surface area contributed by atoms with E-state index in [-0.39, 0.29) is 0 Å². The minimum Gasteiger partial charge on any atom is -0.293 e. The maximum absolute atomic E-state index is 5.96. The van der Waals surface area contributed by atoms with Crippen molar-refractivity contribution in [2.75, 3.05) is 6.54 Å². The molecule has 1 heterocycles. The van der Waals surface area contributed by atoms with Crippen LogP contribution in [-0.4, -0.2) is 27.5 Å². The predicted molar refractivity (Wildman–Crippen MR) is 70.0 cm³/mol. The summed E-state index contributed by atoms with van der Waals surface area (Å²) < 4.78 is 0. The number of nitrogens with zero attached hydrogens (tertiary/aromatic N) is 3. The van der Waals surface area contributed by atoms with Crippen LogP contribution in [0.25, 0.3) is 0 Å². The molecule has 0 radical (unpaired) electrons. The normalized spacial score (nSPS) is 15.9. The lowest BCUT2D eigenvalue weighted by molar-refractivity contribution is 0.220. The van der Waals surface area contributed by atoms with Crippen LogP contribution >= 0.6 is 11.6 Å². The Kier molecular flexibility index (Phi) is 4.00. The van der Waals surface area contributed by atoms with Gasteiger partial charge in [0.15, 0.2) is 0 Å². The summed E-state index contributed by atoms with van der Waals surface area (Å²) in [4.78, 5) is 11.2. The molecule has 1 aromatic rings. The van der Waals surface area contributed by atoms with Crippen molar-refractivity contribution in [3.8, 4) is 0 Å². The topological polar surface area (TPSA) is 29.0 Å². The molecule has 0 spiro atoms. The second kappa shape index (κ2) is 5.32. The molecule has 1 aliphatic rings. The van der Waals surface area contributed by atoms with Gasteiger partial charge in [0, 0.05) is 18.3 Å². The molecule has 1 aromatic heterocycles. The highest BCUT2D eigenvalue weighted by Crippen LogP contribution is 2.28. The summed E-state index contributed by atoms with van der Waals surface area (Å²) in [6.07, 6.45) is 2.62. The third-order valence-corrected chi connectivity index (χ3v) is 3.07. The van der Waals surface area contributed by atoms with Crippen LogP contribution in [0.1, 0.15) is 38.2 Å². The molecule has 1 fully saturated rings. The van der Waals surface area contributed by atoms with Crippen LogP contribution in [0, 0.1) is 12.8 Å². The summed E-state index contributed by atoms with van der Waals surface area (Å²) in [6.45, 7) is 8.39. The average Bonchev–Trinajstić information content (AvgIpc) is 2.96. The molecule has 0 N–H and O–H groups in total. The second-order valence-corrected chi connectivity index (χ2v) is 5.69. The van der Waals surface area contributed by atoms with E-state index in [0.717, 1.165) is 30.6 Å². The van der Waals surface area contributed by atoms with Gasteiger partial charge in [-0.15, -0.1) is 0 Å². The van der Waals surface area contributed by atoms with E-state index in [9.17, 15) is 0 Å². The quantitative estimate of drug-likeness (QED) is 0.756. The molecule has 0 aliphatic heterocycles. The summed E-state index contributed by atoms with van der Waals surface area (Å²) in [5.41, 5.74) is 0.945. The number of hydrogen-bond acceptors (Lipinski definition) is 3. The smallest absolute Gasteiger partial charge is 0.144 e. The zero-order chi connectivity index (χ0) is 12.4. The van der Waals surface area contributed by atoms with E-state index < -0.39 is 0 Å². The van der Waals surface area contributed by atoms with E-state index in [0.29, 0.717) is 11.1 Å². The van der Waals surface area contributed by atoms with Gasteiger partial charge in [-0.1, -0.05) is 25.4 Å². The maximum atomic E-state index is 5.96. The summed E-state index contributed by atoms with van der Waals surface area (Å²) in [5, 5.41) is 0.549. The Labute approximate surface area is 108 Å².